The van der Waals surface area contributed by atoms with Gasteiger partial charge in [0.1, 0.15) is 11.8 Å². The summed E-state index contributed by atoms with van der Waals surface area (Å²) in [5, 5.41) is 0. The molecule has 0 radical (unpaired) electrons. The van der Waals surface area contributed by atoms with Gasteiger partial charge in [-0.05, 0) is 18.6 Å². The first-order valence-corrected chi connectivity index (χ1v) is 5.57. The van der Waals surface area contributed by atoms with Gasteiger partial charge in [0.2, 0.25) is 0 Å². The molecule has 0 spiro atoms. The molecule has 0 aromatic carbocycles. The number of anilines is 1. The van der Waals surface area contributed by atoms with Crippen LogP contribution in [0, 0.1) is 6.92 Å². The summed E-state index contributed by atoms with van der Waals surface area (Å²) in [4.78, 5) is 16.6. The monoisotopic (exact) mass is 240 g/mol. The summed E-state index contributed by atoms with van der Waals surface area (Å²) in [6, 6.07) is 4.02. The van der Waals surface area contributed by atoms with E-state index in [1.807, 2.05) is 29.8 Å². The van der Waals surface area contributed by atoms with Gasteiger partial charge in [0, 0.05) is 11.9 Å². The van der Waals surface area contributed by atoms with Crippen molar-refractivity contribution in [3.63, 3.8) is 0 Å². The molecule has 2 N–H and O–H groups in total. The maximum Gasteiger partial charge on any atom is 0.165 e. The predicted molar refractivity (Wildman–Crippen MR) is 67.8 cm³/mol. The Labute approximate surface area is 104 Å². The van der Waals surface area contributed by atoms with Crippen molar-refractivity contribution in [3.05, 3.63) is 42.2 Å². The smallest absolute Gasteiger partial charge is 0.165 e. The number of nitrogens with zero attached hydrogens (tertiary/aromatic N) is 5. The van der Waals surface area contributed by atoms with Crippen LogP contribution in [0.15, 0.2) is 31.0 Å². The van der Waals surface area contributed by atoms with Crippen LogP contribution in [0.3, 0.4) is 0 Å². The molecule has 0 atom stereocenters. The van der Waals surface area contributed by atoms with Gasteiger partial charge in [-0.2, -0.15) is 0 Å². The molecule has 3 aromatic heterocycles. The predicted octanol–water partition coefficient (Wildman–Crippen LogP) is 1.16. The molecule has 6 nitrogen and oxygen atoms in total. The number of fused-ring (bicyclic) bond motifs is 1. The number of aryl methyl sites for hydroxylation is 1. The Morgan fingerprint density at radius 1 is 1.17 bits per heavy atom. The Hall–Kier alpha value is -2.50. The lowest BCUT2D eigenvalue weighted by molar-refractivity contribution is 0.807. The standard InChI is InChI=1S/C12H12N6/c1-8-2-3-9(4-14-8)5-18-7-17-10-11(13)15-6-16-12(10)18/h2-4,6-7H,5H2,1H3,(H2,13,15,16). The van der Waals surface area contributed by atoms with Crippen LogP contribution in [-0.2, 0) is 6.54 Å². The summed E-state index contributed by atoms with van der Waals surface area (Å²) in [6.07, 6.45) is 5.02. The summed E-state index contributed by atoms with van der Waals surface area (Å²) in [7, 11) is 0. The molecule has 0 amide bonds. The Morgan fingerprint density at radius 3 is 2.83 bits per heavy atom. The fourth-order valence-electron chi connectivity index (χ4n) is 1.80. The number of nitrogens with two attached hydrogens (primary N) is 1. The van der Waals surface area contributed by atoms with Gasteiger partial charge in [0.05, 0.1) is 12.9 Å². The van der Waals surface area contributed by atoms with Crippen LogP contribution >= 0.6 is 0 Å². The van der Waals surface area contributed by atoms with Gasteiger partial charge in [-0.15, -0.1) is 0 Å². The zero-order chi connectivity index (χ0) is 12.5. The van der Waals surface area contributed by atoms with E-state index in [2.05, 4.69) is 19.9 Å². The second-order valence-corrected chi connectivity index (χ2v) is 4.11. The van der Waals surface area contributed by atoms with Gasteiger partial charge >= 0.3 is 0 Å². The first-order valence-electron chi connectivity index (χ1n) is 5.57. The highest BCUT2D eigenvalue weighted by atomic mass is 15.1. The van der Waals surface area contributed by atoms with Crippen LogP contribution in [0.4, 0.5) is 5.82 Å². The number of hydrogen-bond donors (Lipinski definition) is 1. The first kappa shape index (κ1) is 10.6. The van der Waals surface area contributed by atoms with E-state index in [1.54, 1.807) is 6.33 Å². The minimum atomic E-state index is 0.404. The zero-order valence-corrected chi connectivity index (χ0v) is 9.91. The highest BCUT2D eigenvalue weighted by Crippen LogP contribution is 2.15. The second kappa shape index (κ2) is 4.06. The van der Waals surface area contributed by atoms with Crippen molar-refractivity contribution in [3.8, 4) is 0 Å². The number of rotatable bonds is 2. The lowest BCUT2D eigenvalue weighted by Gasteiger charge is -2.03. The van der Waals surface area contributed by atoms with Crippen molar-refractivity contribution < 1.29 is 0 Å². The molecule has 0 fully saturated rings. The van der Waals surface area contributed by atoms with Gasteiger partial charge < -0.3 is 10.3 Å². The van der Waals surface area contributed by atoms with E-state index in [0.29, 0.717) is 17.9 Å². The Bertz CT molecular complexity index is 685. The van der Waals surface area contributed by atoms with Crippen LogP contribution in [0.5, 0.6) is 0 Å². The Balaban J connectivity index is 2.00. The molecule has 90 valence electrons. The largest absolute Gasteiger partial charge is 0.382 e. The van der Waals surface area contributed by atoms with E-state index in [1.165, 1.54) is 6.33 Å². The van der Waals surface area contributed by atoms with E-state index < -0.39 is 0 Å². The maximum absolute atomic E-state index is 5.74. The molecule has 3 rings (SSSR count). The fraction of sp³-hybridized carbons (Fsp3) is 0.167. The molecule has 0 aliphatic heterocycles. The number of nitrogen functional groups attached to an aromatic ring is 1. The van der Waals surface area contributed by atoms with Gasteiger partial charge in [-0.1, -0.05) is 6.07 Å². The van der Waals surface area contributed by atoms with Crippen molar-refractivity contribution in [2.24, 2.45) is 0 Å². The van der Waals surface area contributed by atoms with Crippen molar-refractivity contribution in [1.82, 2.24) is 24.5 Å². The zero-order valence-electron chi connectivity index (χ0n) is 9.91. The number of aromatic nitrogens is 5. The third kappa shape index (κ3) is 1.77. The van der Waals surface area contributed by atoms with Crippen LogP contribution in [0.1, 0.15) is 11.3 Å². The minimum absolute atomic E-state index is 0.404. The number of pyridine rings is 1. The first-order chi connectivity index (χ1) is 8.74. The molecule has 6 heteroatoms. The molecule has 0 saturated carbocycles. The molecule has 0 unspecified atom stereocenters. The molecule has 0 bridgehead atoms. The molecular formula is C12H12N6. The quantitative estimate of drug-likeness (QED) is 0.726. The third-order valence-electron chi connectivity index (χ3n) is 2.76. The number of hydrogen-bond acceptors (Lipinski definition) is 5. The van der Waals surface area contributed by atoms with Crippen molar-refractivity contribution in [1.29, 1.82) is 0 Å². The summed E-state index contributed by atoms with van der Waals surface area (Å²) in [6.45, 7) is 2.63. The van der Waals surface area contributed by atoms with Gasteiger partial charge in [-0.25, -0.2) is 15.0 Å². The van der Waals surface area contributed by atoms with E-state index in [-0.39, 0.29) is 0 Å². The van der Waals surface area contributed by atoms with Crippen LogP contribution < -0.4 is 5.73 Å². The SMILES string of the molecule is Cc1ccc(Cn2cnc3c(N)ncnc32)cn1. The average Bonchev–Trinajstić information content (AvgIpc) is 2.77. The molecule has 0 aliphatic rings. The Morgan fingerprint density at radius 2 is 2.06 bits per heavy atom. The van der Waals surface area contributed by atoms with E-state index >= 15 is 0 Å². The molecule has 0 aliphatic carbocycles. The number of imidazole rings is 1. The van der Waals surface area contributed by atoms with Gasteiger partial charge in [-0.3, -0.25) is 4.98 Å². The lowest BCUT2D eigenvalue weighted by atomic mass is 10.2. The highest BCUT2D eigenvalue weighted by molar-refractivity contribution is 5.81. The normalized spacial score (nSPS) is 10.9. The van der Waals surface area contributed by atoms with Crippen molar-refractivity contribution in [2.45, 2.75) is 13.5 Å². The van der Waals surface area contributed by atoms with Crippen LogP contribution in [0.25, 0.3) is 11.2 Å². The highest BCUT2D eigenvalue weighted by Gasteiger charge is 2.07. The van der Waals surface area contributed by atoms with Gasteiger partial charge in [0.25, 0.3) is 0 Å². The van der Waals surface area contributed by atoms with E-state index in [0.717, 1.165) is 16.9 Å². The molecule has 18 heavy (non-hydrogen) atoms. The summed E-state index contributed by atoms with van der Waals surface area (Å²) >= 11 is 0. The average molecular weight is 240 g/mol. The molecule has 3 aromatic rings. The summed E-state index contributed by atoms with van der Waals surface area (Å²) < 4.78 is 1.93. The van der Waals surface area contributed by atoms with E-state index in [9.17, 15) is 0 Å². The fourth-order valence-corrected chi connectivity index (χ4v) is 1.80. The van der Waals surface area contributed by atoms with Crippen molar-refractivity contribution in [2.75, 3.05) is 5.73 Å². The topological polar surface area (TPSA) is 82.5 Å². The van der Waals surface area contributed by atoms with Gasteiger partial charge in [0.15, 0.2) is 11.5 Å². The van der Waals surface area contributed by atoms with Crippen molar-refractivity contribution >= 4 is 17.0 Å². The second-order valence-electron chi connectivity index (χ2n) is 4.11. The summed E-state index contributed by atoms with van der Waals surface area (Å²) in [5.41, 5.74) is 9.21. The van der Waals surface area contributed by atoms with Crippen LogP contribution in [0.2, 0.25) is 0 Å². The summed E-state index contributed by atoms with van der Waals surface area (Å²) in [5.74, 6) is 0.404. The maximum atomic E-state index is 5.74. The minimum Gasteiger partial charge on any atom is -0.382 e. The van der Waals surface area contributed by atoms with E-state index in [4.69, 9.17) is 5.73 Å². The van der Waals surface area contributed by atoms with Crippen LogP contribution in [-0.4, -0.2) is 24.5 Å². The Kier molecular flexibility index (Phi) is 2.40. The molecule has 0 saturated heterocycles. The molecule has 3 heterocycles. The lowest BCUT2D eigenvalue weighted by Crippen LogP contribution is -2.01. The molecular weight excluding hydrogens is 228 g/mol. The third-order valence-corrected chi connectivity index (χ3v) is 2.76.